The van der Waals surface area contributed by atoms with Crippen LogP contribution in [-0.4, -0.2) is 19.0 Å². The molecule has 0 radical (unpaired) electrons. The molecule has 4 heteroatoms. The third kappa shape index (κ3) is 3.75. The van der Waals surface area contributed by atoms with Crippen LogP contribution in [0.1, 0.15) is 31.4 Å². The van der Waals surface area contributed by atoms with Crippen LogP contribution in [0.3, 0.4) is 0 Å². The van der Waals surface area contributed by atoms with Crippen LogP contribution >= 0.6 is 0 Å². The summed E-state index contributed by atoms with van der Waals surface area (Å²) in [5.41, 5.74) is 0. The van der Waals surface area contributed by atoms with Gasteiger partial charge in [0.25, 0.3) is 0 Å². The molecule has 0 aliphatic carbocycles. The Balaban J connectivity index is 2.36. The number of carbonyl (C=O) groups is 1. The zero-order chi connectivity index (χ0) is 11.3. The molecule has 0 fully saturated rings. The largest absolute Gasteiger partial charge is 0.465 e. The summed E-state index contributed by atoms with van der Waals surface area (Å²) in [6.45, 7) is 6.75. The number of amides is 1. The normalized spacial score (nSPS) is 12.5. The predicted molar refractivity (Wildman–Crippen MR) is 58.5 cm³/mol. The van der Waals surface area contributed by atoms with Crippen molar-refractivity contribution in [3.8, 4) is 0 Å². The lowest BCUT2D eigenvalue weighted by atomic mass is 10.2. The summed E-state index contributed by atoms with van der Waals surface area (Å²) in [6, 6.07) is 3.89. The van der Waals surface area contributed by atoms with Crippen LogP contribution in [0.2, 0.25) is 0 Å². The highest BCUT2D eigenvalue weighted by atomic mass is 16.3. The standard InChI is InChI=1S/C11H18N2O2/c1-4-12-11(14)7-13-9(3)10-6-5-8(2)15-10/h5-6,9,13H,4,7H2,1-3H3,(H,12,14). The van der Waals surface area contributed by atoms with Gasteiger partial charge in [-0.1, -0.05) is 0 Å². The van der Waals surface area contributed by atoms with E-state index >= 15 is 0 Å². The number of carbonyl (C=O) groups excluding carboxylic acids is 1. The molecule has 1 atom stereocenters. The van der Waals surface area contributed by atoms with E-state index < -0.39 is 0 Å². The van der Waals surface area contributed by atoms with Gasteiger partial charge in [0.15, 0.2) is 0 Å². The predicted octanol–water partition coefficient (Wildman–Crippen LogP) is 1.37. The van der Waals surface area contributed by atoms with Crippen LogP contribution in [0.4, 0.5) is 0 Å². The van der Waals surface area contributed by atoms with Gasteiger partial charge >= 0.3 is 0 Å². The minimum Gasteiger partial charge on any atom is -0.465 e. The van der Waals surface area contributed by atoms with Crippen LogP contribution in [0.5, 0.6) is 0 Å². The lowest BCUT2D eigenvalue weighted by Crippen LogP contribution is -2.34. The zero-order valence-electron chi connectivity index (χ0n) is 9.46. The summed E-state index contributed by atoms with van der Waals surface area (Å²) in [6.07, 6.45) is 0. The van der Waals surface area contributed by atoms with Crippen molar-refractivity contribution in [3.05, 3.63) is 23.7 Å². The van der Waals surface area contributed by atoms with Crippen LogP contribution in [-0.2, 0) is 4.79 Å². The number of aryl methyl sites for hydroxylation is 1. The van der Waals surface area contributed by atoms with Crippen molar-refractivity contribution in [2.45, 2.75) is 26.8 Å². The van der Waals surface area contributed by atoms with E-state index in [2.05, 4.69) is 10.6 Å². The monoisotopic (exact) mass is 210 g/mol. The van der Waals surface area contributed by atoms with E-state index in [4.69, 9.17) is 4.42 Å². The molecular weight excluding hydrogens is 192 g/mol. The number of rotatable bonds is 5. The van der Waals surface area contributed by atoms with E-state index in [0.717, 1.165) is 11.5 Å². The Labute approximate surface area is 90.0 Å². The molecule has 0 aliphatic rings. The Hall–Kier alpha value is -1.29. The van der Waals surface area contributed by atoms with Gasteiger partial charge in [0.2, 0.25) is 5.91 Å². The zero-order valence-corrected chi connectivity index (χ0v) is 9.46. The van der Waals surface area contributed by atoms with Gasteiger partial charge in [-0.25, -0.2) is 0 Å². The molecule has 0 bridgehead atoms. The average Bonchev–Trinajstić information content (AvgIpc) is 2.62. The number of hydrogen-bond acceptors (Lipinski definition) is 3. The fourth-order valence-corrected chi connectivity index (χ4v) is 1.29. The molecule has 1 amide bonds. The molecule has 4 nitrogen and oxygen atoms in total. The van der Waals surface area contributed by atoms with Gasteiger partial charge in [-0.15, -0.1) is 0 Å². The third-order valence-electron chi connectivity index (χ3n) is 2.13. The highest BCUT2D eigenvalue weighted by Crippen LogP contribution is 2.14. The summed E-state index contributed by atoms with van der Waals surface area (Å²) in [4.78, 5) is 11.2. The van der Waals surface area contributed by atoms with E-state index in [0.29, 0.717) is 13.1 Å². The number of nitrogens with one attached hydrogen (secondary N) is 2. The Bertz CT molecular complexity index is 320. The average molecular weight is 210 g/mol. The van der Waals surface area contributed by atoms with Gasteiger partial charge < -0.3 is 9.73 Å². The van der Waals surface area contributed by atoms with Gasteiger partial charge in [-0.05, 0) is 32.9 Å². The maximum Gasteiger partial charge on any atom is 0.233 e. The van der Waals surface area contributed by atoms with Gasteiger partial charge in [0.1, 0.15) is 11.5 Å². The second-order valence-corrected chi connectivity index (χ2v) is 3.50. The molecule has 2 N–H and O–H groups in total. The van der Waals surface area contributed by atoms with Gasteiger partial charge in [0, 0.05) is 6.54 Å². The highest BCUT2D eigenvalue weighted by Gasteiger charge is 2.09. The maximum atomic E-state index is 11.2. The molecule has 84 valence electrons. The first-order valence-corrected chi connectivity index (χ1v) is 5.20. The smallest absolute Gasteiger partial charge is 0.233 e. The molecular formula is C11H18N2O2. The quantitative estimate of drug-likeness (QED) is 0.772. The van der Waals surface area contributed by atoms with Crippen LogP contribution in [0.15, 0.2) is 16.5 Å². The Kier molecular flexibility index (Phi) is 4.37. The molecule has 1 heterocycles. The molecule has 0 aliphatic heterocycles. The maximum absolute atomic E-state index is 11.2. The number of hydrogen-bond donors (Lipinski definition) is 2. The van der Waals surface area contributed by atoms with E-state index in [-0.39, 0.29) is 11.9 Å². The summed E-state index contributed by atoms with van der Waals surface area (Å²) in [5.74, 6) is 1.75. The number of likely N-dealkylation sites (N-methyl/N-ethyl adjacent to an activating group) is 1. The lowest BCUT2D eigenvalue weighted by Gasteiger charge is -2.10. The summed E-state index contributed by atoms with van der Waals surface area (Å²) >= 11 is 0. The molecule has 1 aromatic rings. The topological polar surface area (TPSA) is 54.3 Å². The van der Waals surface area contributed by atoms with E-state index in [1.165, 1.54) is 0 Å². The first-order valence-electron chi connectivity index (χ1n) is 5.20. The Morgan fingerprint density at radius 3 is 2.80 bits per heavy atom. The Morgan fingerprint density at radius 1 is 1.53 bits per heavy atom. The van der Waals surface area contributed by atoms with E-state index in [1.54, 1.807) is 0 Å². The number of furan rings is 1. The SMILES string of the molecule is CCNC(=O)CNC(C)c1ccc(C)o1. The molecule has 1 rings (SSSR count). The van der Waals surface area contributed by atoms with Crippen molar-refractivity contribution in [2.75, 3.05) is 13.1 Å². The summed E-state index contributed by atoms with van der Waals surface area (Å²) in [5, 5.41) is 5.82. The van der Waals surface area contributed by atoms with Crippen molar-refractivity contribution >= 4 is 5.91 Å². The fourth-order valence-electron chi connectivity index (χ4n) is 1.29. The molecule has 1 aromatic heterocycles. The second kappa shape index (κ2) is 5.56. The second-order valence-electron chi connectivity index (χ2n) is 3.50. The lowest BCUT2D eigenvalue weighted by molar-refractivity contribution is -0.120. The molecule has 1 unspecified atom stereocenters. The van der Waals surface area contributed by atoms with Crippen molar-refractivity contribution in [1.82, 2.24) is 10.6 Å². The van der Waals surface area contributed by atoms with E-state index in [1.807, 2.05) is 32.9 Å². The van der Waals surface area contributed by atoms with Crippen molar-refractivity contribution in [1.29, 1.82) is 0 Å². The minimum atomic E-state index is 0.00706. The van der Waals surface area contributed by atoms with Crippen molar-refractivity contribution < 1.29 is 9.21 Å². The molecule has 0 saturated heterocycles. The van der Waals surface area contributed by atoms with Crippen molar-refractivity contribution in [3.63, 3.8) is 0 Å². The first kappa shape index (κ1) is 11.8. The molecule has 15 heavy (non-hydrogen) atoms. The van der Waals surface area contributed by atoms with Crippen LogP contribution in [0.25, 0.3) is 0 Å². The molecule has 0 aromatic carbocycles. The minimum absolute atomic E-state index is 0.00706. The summed E-state index contributed by atoms with van der Waals surface area (Å²) < 4.78 is 5.44. The van der Waals surface area contributed by atoms with Gasteiger partial charge in [-0.3, -0.25) is 10.1 Å². The van der Waals surface area contributed by atoms with Crippen molar-refractivity contribution in [2.24, 2.45) is 0 Å². The van der Waals surface area contributed by atoms with Crippen LogP contribution in [0, 0.1) is 6.92 Å². The molecule has 0 spiro atoms. The Morgan fingerprint density at radius 2 is 2.27 bits per heavy atom. The van der Waals surface area contributed by atoms with Crippen LogP contribution < -0.4 is 10.6 Å². The summed E-state index contributed by atoms with van der Waals surface area (Å²) in [7, 11) is 0. The first-order chi connectivity index (χ1) is 7.13. The highest BCUT2D eigenvalue weighted by molar-refractivity contribution is 5.77. The van der Waals surface area contributed by atoms with Gasteiger partial charge in [-0.2, -0.15) is 0 Å². The third-order valence-corrected chi connectivity index (χ3v) is 2.13. The van der Waals surface area contributed by atoms with Gasteiger partial charge in [0.05, 0.1) is 12.6 Å². The van der Waals surface area contributed by atoms with E-state index in [9.17, 15) is 4.79 Å². The fraction of sp³-hybridized carbons (Fsp3) is 0.545. The molecule has 0 saturated carbocycles.